The molecule has 0 aromatic heterocycles. The maximum atomic E-state index is 13.5. The molecule has 1 fully saturated rings. The van der Waals surface area contributed by atoms with Gasteiger partial charge < -0.3 is 5.32 Å². The summed E-state index contributed by atoms with van der Waals surface area (Å²) in [6, 6.07) is 7.13. The average Bonchev–Trinajstić information content (AvgIpc) is 2.45. The van der Waals surface area contributed by atoms with Gasteiger partial charge in [0, 0.05) is 18.3 Å². The van der Waals surface area contributed by atoms with E-state index < -0.39 is 5.67 Å². The normalized spacial score (nSPS) is 21.6. The summed E-state index contributed by atoms with van der Waals surface area (Å²) in [5.41, 5.74) is 3.91. The molecule has 0 bridgehead atoms. The third-order valence-electron chi connectivity index (χ3n) is 5.35. The Morgan fingerprint density at radius 2 is 1.85 bits per heavy atom. The van der Waals surface area contributed by atoms with Gasteiger partial charge in [-0.05, 0) is 81.9 Å². The highest BCUT2D eigenvalue weighted by atomic mass is 19.1. The largest absolute Gasteiger partial charge is 0.311 e. The summed E-state index contributed by atoms with van der Waals surface area (Å²) in [5, 5.41) is 3.34. The van der Waals surface area contributed by atoms with Gasteiger partial charge in [-0.15, -0.1) is 0 Å². The topological polar surface area (TPSA) is 24.4 Å². The fourth-order valence-corrected chi connectivity index (χ4v) is 3.40. The van der Waals surface area contributed by atoms with Gasteiger partial charge in [0.25, 0.3) is 0 Å². The van der Waals surface area contributed by atoms with Crippen molar-refractivity contribution in [2.45, 2.75) is 91.3 Å². The van der Waals surface area contributed by atoms with Crippen LogP contribution in [0.15, 0.2) is 23.2 Å². The Balaban J connectivity index is 1.83. The van der Waals surface area contributed by atoms with E-state index in [9.17, 15) is 4.39 Å². The molecule has 0 unspecified atom stereocenters. The minimum Gasteiger partial charge on any atom is -0.311 e. The molecule has 2 nitrogen and oxygen atoms in total. The third-order valence-corrected chi connectivity index (χ3v) is 5.35. The summed E-state index contributed by atoms with van der Waals surface area (Å²) >= 11 is 0. The van der Waals surface area contributed by atoms with E-state index in [0.717, 1.165) is 18.0 Å². The smallest absolute Gasteiger partial charge is 0.117 e. The van der Waals surface area contributed by atoms with Crippen LogP contribution in [0.5, 0.6) is 0 Å². The Bertz CT molecular complexity index is 629. The number of nitrogens with one attached hydrogen (secondary N) is 1. The summed E-state index contributed by atoms with van der Waals surface area (Å²) in [7, 11) is 0. The minimum atomic E-state index is -1.12. The fraction of sp³-hybridized carbons (Fsp3) is 0.696. The molecule has 1 aromatic carbocycles. The molecule has 0 spiro atoms. The Kier molecular flexibility index (Phi) is 6.65. The van der Waals surface area contributed by atoms with Gasteiger partial charge in [0.2, 0.25) is 0 Å². The number of benzene rings is 1. The number of rotatable bonds is 7. The van der Waals surface area contributed by atoms with Crippen molar-refractivity contribution in [3.8, 4) is 0 Å². The fourth-order valence-electron chi connectivity index (χ4n) is 3.40. The molecule has 0 aliphatic heterocycles. The van der Waals surface area contributed by atoms with Gasteiger partial charge >= 0.3 is 0 Å². The second-order valence-corrected chi connectivity index (χ2v) is 9.77. The molecule has 146 valence electrons. The standard InChI is InChI=1S/C23H37FN2/c1-16-8-11-19(22(3,4)5)14-21(16)26-17(2)9-10-18-12-20(13-18)25-15-23(6,7)24/h8,11,14,18,20,25H,9-10,12-13,15H2,1-7H3. The summed E-state index contributed by atoms with van der Waals surface area (Å²) in [5.74, 6) is 0.752. The van der Waals surface area contributed by atoms with Crippen molar-refractivity contribution in [1.29, 1.82) is 0 Å². The quantitative estimate of drug-likeness (QED) is 0.568. The summed E-state index contributed by atoms with van der Waals surface area (Å²) in [4.78, 5) is 4.90. The maximum absolute atomic E-state index is 13.5. The van der Waals surface area contributed by atoms with Gasteiger partial charge in [-0.25, -0.2) is 4.39 Å². The zero-order chi connectivity index (χ0) is 19.5. The lowest BCUT2D eigenvalue weighted by Crippen LogP contribution is -2.45. The second kappa shape index (κ2) is 8.21. The second-order valence-electron chi connectivity index (χ2n) is 9.77. The van der Waals surface area contributed by atoms with Crippen LogP contribution in [0, 0.1) is 12.8 Å². The molecule has 1 aliphatic carbocycles. The zero-order valence-electron chi connectivity index (χ0n) is 17.7. The first-order valence-electron chi connectivity index (χ1n) is 10.0. The van der Waals surface area contributed by atoms with Crippen LogP contribution in [0.3, 0.4) is 0 Å². The van der Waals surface area contributed by atoms with Crippen molar-refractivity contribution >= 4 is 11.4 Å². The number of hydrogen-bond donors (Lipinski definition) is 1. The SMILES string of the molecule is CC(CCC1CC(NCC(C)(C)F)C1)=Nc1cc(C(C)(C)C)ccc1C. The van der Waals surface area contributed by atoms with Crippen LogP contribution >= 0.6 is 0 Å². The number of alkyl halides is 1. The van der Waals surface area contributed by atoms with Crippen molar-refractivity contribution in [2.75, 3.05) is 6.54 Å². The van der Waals surface area contributed by atoms with E-state index >= 15 is 0 Å². The molecule has 0 heterocycles. The number of aryl methyl sites for hydroxylation is 1. The van der Waals surface area contributed by atoms with Crippen molar-refractivity contribution in [3.63, 3.8) is 0 Å². The highest BCUT2D eigenvalue weighted by Gasteiger charge is 2.30. The van der Waals surface area contributed by atoms with Crippen LogP contribution in [0.1, 0.15) is 78.4 Å². The van der Waals surface area contributed by atoms with Gasteiger partial charge in [0.15, 0.2) is 0 Å². The van der Waals surface area contributed by atoms with Gasteiger partial charge in [-0.3, -0.25) is 4.99 Å². The molecule has 1 N–H and O–H groups in total. The minimum absolute atomic E-state index is 0.147. The highest BCUT2D eigenvalue weighted by Crippen LogP contribution is 2.33. The average molecular weight is 361 g/mol. The number of nitrogens with zero attached hydrogens (tertiary/aromatic N) is 1. The van der Waals surface area contributed by atoms with E-state index in [-0.39, 0.29) is 5.41 Å². The van der Waals surface area contributed by atoms with Crippen molar-refractivity contribution in [2.24, 2.45) is 10.9 Å². The van der Waals surface area contributed by atoms with E-state index in [1.807, 2.05) is 0 Å². The van der Waals surface area contributed by atoms with Gasteiger partial charge in [0.05, 0.1) is 5.69 Å². The van der Waals surface area contributed by atoms with Crippen LogP contribution in [-0.4, -0.2) is 24.0 Å². The molecule has 0 radical (unpaired) electrons. The lowest BCUT2D eigenvalue weighted by Gasteiger charge is -2.37. The van der Waals surface area contributed by atoms with Crippen LogP contribution in [0.2, 0.25) is 0 Å². The predicted molar refractivity (Wildman–Crippen MR) is 112 cm³/mol. The molecule has 1 aliphatic rings. The Morgan fingerprint density at radius 3 is 2.42 bits per heavy atom. The van der Waals surface area contributed by atoms with Crippen molar-refractivity contribution in [3.05, 3.63) is 29.3 Å². The lowest BCUT2D eigenvalue weighted by atomic mass is 9.77. The first-order chi connectivity index (χ1) is 11.9. The molecule has 2 rings (SSSR count). The van der Waals surface area contributed by atoms with E-state index in [1.165, 1.54) is 36.1 Å². The van der Waals surface area contributed by atoms with E-state index in [0.29, 0.717) is 12.6 Å². The maximum Gasteiger partial charge on any atom is 0.117 e. The first kappa shape index (κ1) is 21.1. The lowest BCUT2D eigenvalue weighted by molar-refractivity contribution is 0.159. The molecular weight excluding hydrogens is 323 g/mol. The molecule has 3 heteroatoms. The van der Waals surface area contributed by atoms with Gasteiger partial charge in [0.1, 0.15) is 5.67 Å². The molecule has 0 saturated heterocycles. The molecule has 1 saturated carbocycles. The van der Waals surface area contributed by atoms with Crippen LogP contribution in [0.4, 0.5) is 10.1 Å². The Labute approximate surface area is 159 Å². The van der Waals surface area contributed by atoms with Crippen LogP contribution < -0.4 is 5.32 Å². The van der Waals surface area contributed by atoms with Gasteiger partial charge in [-0.1, -0.05) is 32.9 Å². The van der Waals surface area contributed by atoms with E-state index in [2.05, 4.69) is 58.1 Å². The molecule has 26 heavy (non-hydrogen) atoms. The van der Waals surface area contributed by atoms with E-state index in [4.69, 9.17) is 4.99 Å². The molecule has 0 atom stereocenters. The summed E-state index contributed by atoms with van der Waals surface area (Å²) in [6.07, 6.45) is 4.57. The highest BCUT2D eigenvalue weighted by molar-refractivity contribution is 5.85. The molecular formula is C23H37FN2. The van der Waals surface area contributed by atoms with Crippen LogP contribution in [0.25, 0.3) is 0 Å². The summed E-state index contributed by atoms with van der Waals surface area (Å²) < 4.78 is 13.5. The monoisotopic (exact) mass is 360 g/mol. The zero-order valence-corrected chi connectivity index (χ0v) is 17.7. The summed E-state index contributed by atoms with van der Waals surface area (Å²) in [6.45, 7) is 14.7. The molecule has 0 amide bonds. The Morgan fingerprint density at radius 1 is 1.19 bits per heavy atom. The van der Waals surface area contributed by atoms with Crippen molar-refractivity contribution < 1.29 is 4.39 Å². The first-order valence-corrected chi connectivity index (χ1v) is 10.0. The molecule has 1 aromatic rings. The van der Waals surface area contributed by atoms with E-state index in [1.54, 1.807) is 13.8 Å². The van der Waals surface area contributed by atoms with Gasteiger partial charge in [-0.2, -0.15) is 0 Å². The number of aliphatic imine (C=N–C) groups is 1. The van der Waals surface area contributed by atoms with Crippen LogP contribution in [-0.2, 0) is 5.41 Å². The number of hydrogen-bond acceptors (Lipinski definition) is 2. The Hall–Kier alpha value is -1.22. The third kappa shape index (κ3) is 6.50. The predicted octanol–water partition coefficient (Wildman–Crippen LogP) is 6.28. The van der Waals surface area contributed by atoms with Crippen molar-refractivity contribution in [1.82, 2.24) is 5.32 Å². The number of halogens is 1.